The molecule has 8 heterocycles. The standard InChI is InChI=1S/C38H22N4O.C23H14ClN3.C21H20BNO3.C4H8O.K.H/c1-3-9-25-19-28(16-14-23(25)7-1)36-40-37(29-17-15-24-8-2-4-10-26(24)20-29)42-38(41-36)30-12-5-13-33-35(30)31-22-32-27(11-6-18-39-32)21-34(31)43-33;24-23-26-21(19-11-9-15-5-1-3-7-17(15)13-19)25-22(27-23)20-12-10-16-6-2-4-8-18(16)14-20;1-20(2)21(3,4)26-22(25-20)15-8-5-9-17-19(15)14-12-16-13(7-6-10-23-16)11-18(14)24-17;1-2-4-5-3-1;;/h1-22H;1-14H;5-12H,1-4H3;1-4H2;;/q;;;;+1;-1. The van der Waals surface area contributed by atoms with E-state index in [9.17, 15) is 0 Å². The normalized spacial score (nSPS) is 13.9. The van der Waals surface area contributed by atoms with E-state index in [4.69, 9.17) is 49.4 Å². The molecule has 2 saturated heterocycles. The first-order chi connectivity index (χ1) is 49.4. The molecule has 0 unspecified atom stereocenters. The second-order valence-corrected chi connectivity index (χ2v) is 26.7. The van der Waals surface area contributed by atoms with Gasteiger partial charge in [-0.25, -0.2) is 19.9 Å². The van der Waals surface area contributed by atoms with Gasteiger partial charge in [0.2, 0.25) is 5.28 Å². The molecule has 20 rings (SSSR count). The number of pyridine rings is 2. The van der Waals surface area contributed by atoms with Crippen molar-refractivity contribution in [2.45, 2.75) is 51.7 Å². The number of hydrogen-bond donors (Lipinski definition) is 0. The largest absolute Gasteiger partial charge is 1.00 e. The van der Waals surface area contributed by atoms with E-state index in [2.05, 4.69) is 216 Å². The summed E-state index contributed by atoms with van der Waals surface area (Å²) in [5.41, 5.74) is 9.96. The molecule has 0 amide bonds. The minimum atomic E-state index is -0.427. The summed E-state index contributed by atoms with van der Waals surface area (Å²) in [6, 6.07) is 86.4. The van der Waals surface area contributed by atoms with Gasteiger partial charge in [-0.15, -0.1) is 0 Å². The van der Waals surface area contributed by atoms with Crippen molar-refractivity contribution in [2.24, 2.45) is 0 Å². The van der Waals surface area contributed by atoms with E-state index >= 15 is 0 Å². The summed E-state index contributed by atoms with van der Waals surface area (Å²) in [6.45, 7) is 10.3. The third-order valence-corrected chi connectivity index (χ3v) is 19.5. The number of nitrogens with zero attached hydrogens (tertiary/aromatic N) is 8. The van der Waals surface area contributed by atoms with Crippen LogP contribution in [0.1, 0.15) is 42.0 Å². The summed E-state index contributed by atoms with van der Waals surface area (Å²) in [4.78, 5) is 37.7. The van der Waals surface area contributed by atoms with E-state index < -0.39 is 7.12 Å². The minimum absolute atomic E-state index is 0. The molecule has 2 fully saturated rings. The van der Waals surface area contributed by atoms with Crippen LogP contribution < -0.4 is 56.8 Å². The molecule has 0 spiro atoms. The van der Waals surface area contributed by atoms with Crippen molar-refractivity contribution >= 4 is 133 Å². The average Bonchev–Trinajstić information content (AvgIpc) is 1.61. The summed E-state index contributed by atoms with van der Waals surface area (Å²) in [7, 11) is -0.427. The summed E-state index contributed by atoms with van der Waals surface area (Å²) < 4.78 is 30.0. The molecular weight excluding hydrogens is 1310 g/mol. The fourth-order valence-corrected chi connectivity index (χ4v) is 13.5. The molecule has 16 heteroatoms. The van der Waals surface area contributed by atoms with Crippen molar-refractivity contribution in [2.75, 3.05) is 13.2 Å². The number of ether oxygens (including phenoxy) is 1. The first kappa shape index (κ1) is 66.5. The maximum atomic E-state index is 6.35. The maximum absolute atomic E-state index is 6.35. The van der Waals surface area contributed by atoms with Gasteiger partial charge in [0, 0.05) is 85.7 Å². The van der Waals surface area contributed by atoms with Crippen LogP contribution in [0.4, 0.5) is 0 Å². The van der Waals surface area contributed by atoms with Crippen LogP contribution in [0.3, 0.4) is 0 Å². The van der Waals surface area contributed by atoms with E-state index in [1.165, 1.54) is 34.4 Å². The average molecular weight is 1380 g/mol. The Morgan fingerprint density at radius 1 is 0.353 bits per heavy atom. The van der Waals surface area contributed by atoms with Crippen molar-refractivity contribution < 1.29 is 75.7 Å². The van der Waals surface area contributed by atoms with Crippen molar-refractivity contribution in [1.29, 1.82) is 0 Å². The van der Waals surface area contributed by atoms with Crippen LogP contribution in [0.2, 0.25) is 5.28 Å². The Bertz CT molecular complexity index is 6030. The molecule has 12 aromatic carbocycles. The quantitative estimate of drug-likeness (QED) is 0.145. The number of halogens is 1. The predicted molar refractivity (Wildman–Crippen MR) is 410 cm³/mol. The fraction of sp³-hybridized carbons (Fsp3) is 0.116. The molecule has 490 valence electrons. The summed E-state index contributed by atoms with van der Waals surface area (Å²) in [5, 5.41) is 15.6. The Kier molecular flexibility index (Phi) is 18.3. The van der Waals surface area contributed by atoms with Crippen molar-refractivity contribution in [3.05, 3.63) is 272 Å². The SMILES string of the molecule is C1CCOC1.CC1(C)OB(c2cccc3oc4cc5cccnc5cc4c23)OC1(C)C.Clc1nc(-c2ccc3ccccc3c2)nc(-c2ccc3ccccc3c2)n1.[H-].[K+].c1ccc2cc(-c3nc(-c4ccc5ccccc5c4)nc(-c4cccc5oc6cc7cccnc7cc6c45)n3)ccc2c1. The van der Waals surface area contributed by atoms with Crippen LogP contribution in [0.25, 0.3) is 166 Å². The van der Waals surface area contributed by atoms with Gasteiger partial charge in [-0.2, -0.15) is 9.97 Å². The molecular formula is C86H65BClKN8O5. The van der Waals surface area contributed by atoms with Crippen LogP contribution in [-0.2, 0) is 14.0 Å². The maximum Gasteiger partial charge on any atom is 1.00 e. The molecule has 18 aromatic rings. The number of benzene rings is 12. The Hall–Kier alpha value is -10.0. The van der Waals surface area contributed by atoms with Gasteiger partial charge in [-0.05, 0) is 173 Å². The summed E-state index contributed by atoms with van der Waals surface area (Å²) in [6.07, 6.45) is 6.18. The van der Waals surface area contributed by atoms with Gasteiger partial charge in [0.05, 0.1) is 22.2 Å². The molecule has 0 saturated carbocycles. The van der Waals surface area contributed by atoms with Crippen molar-refractivity contribution in [3.8, 4) is 56.9 Å². The van der Waals surface area contributed by atoms with Gasteiger partial charge in [0.1, 0.15) is 22.3 Å². The van der Waals surface area contributed by atoms with Crippen LogP contribution >= 0.6 is 11.6 Å². The zero-order valence-corrected chi connectivity index (χ0v) is 60.7. The number of aromatic nitrogens is 8. The molecule has 102 heavy (non-hydrogen) atoms. The van der Waals surface area contributed by atoms with Crippen molar-refractivity contribution in [3.63, 3.8) is 0 Å². The molecule has 0 bridgehead atoms. The van der Waals surface area contributed by atoms with Crippen LogP contribution in [0.5, 0.6) is 0 Å². The van der Waals surface area contributed by atoms with Gasteiger partial charge in [-0.3, -0.25) is 9.97 Å². The molecule has 0 radical (unpaired) electrons. The van der Waals surface area contributed by atoms with E-state index in [0.717, 1.165) is 134 Å². The molecule has 0 aliphatic carbocycles. The van der Waals surface area contributed by atoms with Crippen LogP contribution in [0, 0.1) is 0 Å². The van der Waals surface area contributed by atoms with Gasteiger partial charge in [-0.1, -0.05) is 182 Å². The molecule has 0 atom stereocenters. The monoisotopic (exact) mass is 1370 g/mol. The predicted octanol–water partition coefficient (Wildman–Crippen LogP) is 18.1. The smallest absolute Gasteiger partial charge is 1.00 e. The zero-order chi connectivity index (χ0) is 68.2. The topological polar surface area (TPSA) is 157 Å². The van der Waals surface area contributed by atoms with Gasteiger partial charge >= 0.3 is 58.5 Å². The molecule has 6 aromatic heterocycles. The van der Waals surface area contributed by atoms with Crippen LogP contribution in [0.15, 0.2) is 276 Å². The fourth-order valence-electron chi connectivity index (χ4n) is 13.4. The van der Waals surface area contributed by atoms with Gasteiger partial charge in [0.15, 0.2) is 29.1 Å². The summed E-state index contributed by atoms with van der Waals surface area (Å²) >= 11 is 6.22. The number of fused-ring (bicyclic) bond motifs is 12. The molecule has 2 aliphatic rings. The Balaban J connectivity index is 0.000000124. The van der Waals surface area contributed by atoms with Crippen molar-refractivity contribution in [1.82, 2.24) is 39.9 Å². The number of hydrogen-bond acceptors (Lipinski definition) is 13. The first-order valence-electron chi connectivity index (χ1n) is 33.9. The third-order valence-electron chi connectivity index (χ3n) is 19.3. The number of rotatable bonds is 6. The Morgan fingerprint density at radius 2 is 0.725 bits per heavy atom. The van der Waals surface area contributed by atoms with E-state index in [-0.39, 0.29) is 69.3 Å². The zero-order valence-electron chi connectivity index (χ0n) is 57.8. The Morgan fingerprint density at radius 3 is 1.15 bits per heavy atom. The molecule has 0 N–H and O–H groups in total. The van der Waals surface area contributed by atoms with Gasteiger partial charge < -0.3 is 24.3 Å². The second-order valence-electron chi connectivity index (χ2n) is 26.4. The third kappa shape index (κ3) is 13.2. The first-order valence-corrected chi connectivity index (χ1v) is 34.2. The molecule has 13 nitrogen and oxygen atoms in total. The second kappa shape index (κ2) is 28.1. The summed E-state index contributed by atoms with van der Waals surface area (Å²) in [5.74, 6) is 2.98. The van der Waals surface area contributed by atoms with Gasteiger partial charge in [0.25, 0.3) is 0 Å². The van der Waals surface area contributed by atoms with Crippen LogP contribution in [-0.4, -0.2) is 71.4 Å². The van der Waals surface area contributed by atoms with E-state index in [1.54, 1.807) is 0 Å². The Labute approximate surface area is 637 Å². The molecule has 2 aliphatic heterocycles. The number of furan rings is 2. The minimum Gasteiger partial charge on any atom is -1.00 e. The van der Waals surface area contributed by atoms with E-state index in [1.807, 2.05) is 103 Å². The van der Waals surface area contributed by atoms with E-state index in [0.29, 0.717) is 29.1 Å².